The minimum atomic E-state index is -1.26. The van der Waals surface area contributed by atoms with Crippen LogP contribution in [0.4, 0.5) is 5.69 Å². The number of anilines is 1. The minimum Gasteiger partial charge on any atom is -0.324 e. The van der Waals surface area contributed by atoms with Gasteiger partial charge in [0.05, 0.1) is 5.92 Å². The Balaban J connectivity index is 1.92. The third-order valence-electron chi connectivity index (χ3n) is 5.27. The number of carbonyl (C=O) groups is 1. The molecule has 1 amide bonds. The van der Waals surface area contributed by atoms with Crippen LogP contribution in [0.1, 0.15) is 17.0 Å². The first-order valence-electron chi connectivity index (χ1n) is 7.87. The number of rotatable bonds is 2. The molecule has 1 fully saturated rings. The van der Waals surface area contributed by atoms with Crippen molar-refractivity contribution < 1.29 is 9.72 Å². The number of likely N-dealkylation sites (N-methyl/N-ethyl adjacent to an activating group) is 1. The lowest BCUT2D eigenvalue weighted by atomic mass is 9.79. The number of amides is 1. The molecule has 0 aliphatic carbocycles. The van der Waals surface area contributed by atoms with Crippen molar-refractivity contribution in [2.75, 3.05) is 18.9 Å². The van der Waals surface area contributed by atoms with Crippen LogP contribution in [0.15, 0.2) is 54.6 Å². The van der Waals surface area contributed by atoms with Gasteiger partial charge in [-0.15, -0.1) is 0 Å². The molecule has 2 heterocycles. The SMILES string of the molecule is CN1C[C@H](c2ccccc2)[C@@H]([N+](=O)[O-])[C@]12C(=O)Nc1ccccc12. The van der Waals surface area contributed by atoms with E-state index < -0.39 is 11.6 Å². The quantitative estimate of drug-likeness (QED) is 0.679. The average molecular weight is 323 g/mol. The molecule has 2 aliphatic rings. The van der Waals surface area contributed by atoms with Crippen molar-refractivity contribution in [3.05, 3.63) is 75.8 Å². The highest BCUT2D eigenvalue weighted by Gasteiger charge is 2.68. The molecule has 0 saturated carbocycles. The van der Waals surface area contributed by atoms with E-state index in [1.807, 2.05) is 53.4 Å². The number of nitrogens with zero attached hydrogens (tertiary/aromatic N) is 2. The molecule has 1 saturated heterocycles. The largest absolute Gasteiger partial charge is 0.324 e. The van der Waals surface area contributed by atoms with Gasteiger partial charge >= 0.3 is 0 Å². The second-order valence-electron chi connectivity index (χ2n) is 6.39. The topological polar surface area (TPSA) is 75.5 Å². The molecular formula is C18H17N3O3. The Morgan fingerprint density at radius 1 is 1.17 bits per heavy atom. The first-order chi connectivity index (χ1) is 11.6. The molecular weight excluding hydrogens is 306 g/mol. The van der Waals surface area contributed by atoms with E-state index in [4.69, 9.17) is 0 Å². The summed E-state index contributed by atoms with van der Waals surface area (Å²) in [6.07, 6.45) is 0. The van der Waals surface area contributed by atoms with Crippen molar-refractivity contribution in [1.29, 1.82) is 0 Å². The number of nitrogens with one attached hydrogen (secondary N) is 1. The Bertz CT molecular complexity index is 823. The third kappa shape index (κ3) is 1.77. The summed E-state index contributed by atoms with van der Waals surface area (Å²) >= 11 is 0. The third-order valence-corrected chi connectivity index (χ3v) is 5.27. The van der Waals surface area contributed by atoms with E-state index in [9.17, 15) is 14.9 Å². The lowest BCUT2D eigenvalue weighted by Crippen LogP contribution is -2.54. The minimum absolute atomic E-state index is 0.289. The van der Waals surface area contributed by atoms with Crippen molar-refractivity contribution in [2.45, 2.75) is 17.5 Å². The van der Waals surface area contributed by atoms with Gasteiger partial charge in [0.2, 0.25) is 0 Å². The van der Waals surface area contributed by atoms with E-state index >= 15 is 0 Å². The summed E-state index contributed by atoms with van der Waals surface area (Å²) in [5.41, 5.74) is 0.980. The van der Waals surface area contributed by atoms with Crippen LogP contribution >= 0.6 is 0 Å². The van der Waals surface area contributed by atoms with Crippen molar-refractivity contribution >= 4 is 11.6 Å². The predicted octanol–water partition coefficient (Wildman–Crippen LogP) is 2.21. The highest BCUT2D eigenvalue weighted by molar-refractivity contribution is 6.06. The molecule has 1 N–H and O–H groups in total. The molecule has 122 valence electrons. The normalized spacial score (nSPS) is 28.8. The van der Waals surface area contributed by atoms with Gasteiger partial charge in [0, 0.05) is 22.7 Å². The van der Waals surface area contributed by atoms with Crippen LogP contribution in [0.3, 0.4) is 0 Å². The zero-order valence-corrected chi connectivity index (χ0v) is 13.2. The molecule has 0 bridgehead atoms. The fraction of sp³-hybridized carbons (Fsp3) is 0.278. The number of likely N-dealkylation sites (tertiary alicyclic amines) is 1. The standard InChI is InChI=1S/C18H17N3O3/c1-20-11-13(12-7-3-2-4-8-12)16(21(23)24)18(20)14-9-5-6-10-15(14)19-17(18)22/h2-10,13,16H,11H2,1H3,(H,19,22)/t13-,16-,18-/m1/s1. The van der Waals surface area contributed by atoms with Gasteiger partial charge in [-0.1, -0.05) is 48.5 Å². The van der Waals surface area contributed by atoms with E-state index in [2.05, 4.69) is 5.32 Å². The second kappa shape index (κ2) is 5.14. The molecule has 6 heteroatoms. The van der Waals surface area contributed by atoms with Crippen LogP contribution in [0.5, 0.6) is 0 Å². The van der Waals surface area contributed by atoms with Crippen molar-refractivity contribution in [1.82, 2.24) is 4.90 Å². The summed E-state index contributed by atoms with van der Waals surface area (Å²) < 4.78 is 0. The van der Waals surface area contributed by atoms with Crippen LogP contribution in [-0.4, -0.2) is 35.4 Å². The first-order valence-corrected chi connectivity index (χ1v) is 7.87. The highest BCUT2D eigenvalue weighted by Crippen LogP contribution is 2.51. The summed E-state index contributed by atoms with van der Waals surface area (Å²) in [4.78, 5) is 26.5. The van der Waals surface area contributed by atoms with Crippen LogP contribution in [0.25, 0.3) is 0 Å². The Kier molecular flexibility index (Phi) is 3.18. The fourth-order valence-electron chi connectivity index (χ4n) is 4.28. The van der Waals surface area contributed by atoms with Gasteiger partial charge in [-0.2, -0.15) is 0 Å². The highest BCUT2D eigenvalue weighted by atomic mass is 16.6. The molecule has 2 aromatic rings. The van der Waals surface area contributed by atoms with Crippen LogP contribution < -0.4 is 5.32 Å². The van der Waals surface area contributed by atoms with Crippen molar-refractivity contribution in [3.8, 4) is 0 Å². The summed E-state index contributed by atoms with van der Waals surface area (Å²) in [7, 11) is 1.79. The Morgan fingerprint density at radius 3 is 2.54 bits per heavy atom. The maximum Gasteiger partial charge on any atom is 0.256 e. The smallest absolute Gasteiger partial charge is 0.256 e. The van der Waals surface area contributed by atoms with E-state index in [0.29, 0.717) is 17.8 Å². The van der Waals surface area contributed by atoms with Gasteiger partial charge in [0.1, 0.15) is 0 Å². The Hall–Kier alpha value is -2.73. The number of nitro groups is 1. The number of fused-ring (bicyclic) bond motifs is 2. The van der Waals surface area contributed by atoms with Gasteiger partial charge in [-0.05, 0) is 18.7 Å². The second-order valence-corrected chi connectivity index (χ2v) is 6.39. The van der Waals surface area contributed by atoms with E-state index in [1.54, 1.807) is 13.1 Å². The molecule has 0 radical (unpaired) electrons. The lowest BCUT2D eigenvalue weighted by Gasteiger charge is -2.30. The average Bonchev–Trinajstić information content (AvgIpc) is 3.05. The lowest BCUT2D eigenvalue weighted by molar-refractivity contribution is -0.534. The summed E-state index contributed by atoms with van der Waals surface area (Å²) in [5.74, 6) is -0.658. The van der Waals surface area contributed by atoms with Crippen LogP contribution in [-0.2, 0) is 10.3 Å². The monoisotopic (exact) mass is 323 g/mol. The predicted molar refractivity (Wildman–Crippen MR) is 89.3 cm³/mol. The molecule has 1 spiro atoms. The Morgan fingerprint density at radius 2 is 1.83 bits per heavy atom. The molecule has 6 nitrogen and oxygen atoms in total. The van der Waals surface area contributed by atoms with Crippen LogP contribution in [0.2, 0.25) is 0 Å². The Labute approximate surface area is 139 Å². The van der Waals surface area contributed by atoms with Crippen LogP contribution in [0, 0.1) is 10.1 Å². The zero-order chi connectivity index (χ0) is 16.9. The molecule has 2 aliphatic heterocycles. The molecule has 24 heavy (non-hydrogen) atoms. The first kappa shape index (κ1) is 14.8. The van der Waals surface area contributed by atoms with Gasteiger partial charge in [-0.3, -0.25) is 19.8 Å². The number of carbonyl (C=O) groups excluding carboxylic acids is 1. The maximum absolute atomic E-state index is 12.9. The van der Waals surface area contributed by atoms with Crippen molar-refractivity contribution in [2.24, 2.45) is 0 Å². The van der Waals surface area contributed by atoms with Gasteiger partial charge < -0.3 is 5.32 Å². The van der Waals surface area contributed by atoms with Crippen molar-refractivity contribution in [3.63, 3.8) is 0 Å². The molecule has 3 atom stereocenters. The molecule has 4 rings (SSSR count). The molecule has 2 aromatic carbocycles. The van der Waals surface area contributed by atoms with Gasteiger partial charge in [0.15, 0.2) is 5.54 Å². The molecule has 0 aromatic heterocycles. The number of hydrogen-bond acceptors (Lipinski definition) is 4. The number of hydrogen-bond donors (Lipinski definition) is 1. The maximum atomic E-state index is 12.9. The fourth-order valence-corrected chi connectivity index (χ4v) is 4.28. The zero-order valence-electron chi connectivity index (χ0n) is 13.2. The summed E-state index contributed by atoms with van der Waals surface area (Å²) in [6.45, 7) is 0.456. The summed E-state index contributed by atoms with van der Waals surface area (Å²) in [6, 6.07) is 15.6. The number of para-hydroxylation sites is 1. The van der Waals surface area contributed by atoms with E-state index in [1.165, 1.54) is 0 Å². The van der Waals surface area contributed by atoms with E-state index in [-0.39, 0.29) is 16.7 Å². The number of benzene rings is 2. The molecule has 0 unspecified atom stereocenters. The van der Waals surface area contributed by atoms with Gasteiger partial charge in [-0.25, -0.2) is 0 Å². The summed E-state index contributed by atoms with van der Waals surface area (Å²) in [5, 5.41) is 14.9. The van der Waals surface area contributed by atoms with E-state index in [0.717, 1.165) is 5.56 Å². The van der Waals surface area contributed by atoms with Gasteiger partial charge in [0.25, 0.3) is 11.9 Å².